The first-order valence-electron chi connectivity index (χ1n) is 6.18. The minimum absolute atomic E-state index is 0.0276. The molecule has 0 aliphatic carbocycles. The number of ether oxygens (including phenoxy) is 1. The van der Waals surface area contributed by atoms with Crippen molar-refractivity contribution in [1.82, 2.24) is 5.32 Å². The fourth-order valence-electron chi connectivity index (χ4n) is 1.57. The number of nitrogens with two attached hydrogens (primary N) is 1. The summed E-state index contributed by atoms with van der Waals surface area (Å²) in [6, 6.07) is 3.59. The quantitative estimate of drug-likeness (QED) is 0.552. The number of nitrogens with one attached hydrogen (secondary N) is 2. The van der Waals surface area contributed by atoms with Crippen molar-refractivity contribution in [3.63, 3.8) is 0 Å². The summed E-state index contributed by atoms with van der Waals surface area (Å²) >= 11 is 0. The van der Waals surface area contributed by atoms with Crippen LogP contribution < -0.4 is 21.1 Å². The maximum atomic E-state index is 11.7. The van der Waals surface area contributed by atoms with E-state index >= 15 is 0 Å². The smallest absolute Gasteiger partial charge is 0.335 e. The van der Waals surface area contributed by atoms with Gasteiger partial charge in [-0.15, -0.1) is 0 Å². The monoisotopic (exact) mass is 295 g/mol. The molecule has 0 unspecified atom stereocenters. The molecular formula is C13H17N3O5. The molecule has 0 bridgehead atoms. The van der Waals surface area contributed by atoms with E-state index in [0.29, 0.717) is 12.2 Å². The van der Waals surface area contributed by atoms with Crippen molar-refractivity contribution in [1.29, 1.82) is 0 Å². The number of benzene rings is 1. The zero-order chi connectivity index (χ0) is 15.8. The van der Waals surface area contributed by atoms with E-state index in [1.807, 2.05) is 0 Å². The number of methoxy groups -OCH3 is 1. The van der Waals surface area contributed by atoms with E-state index in [0.717, 1.165) is 0 Å². The maximum Gasteiger partial charge on any atom is 0.335 e. The number of primary amides is 1. The maximum absolute atomic E-state index is 11.7. The number of carboxylic acid groups (broad SMARTS) is 1. The topological polar surface area (TPSA) is 131 Å². The molecular weight excluding hydrogens is 278 g/mol. The van der Waals surface area contributed by atoms with Gasteiger partial charge in [-0.25, -0.2) is 9.59 Å². The van der Waals surface area contributed by atoms with Gasteiger partial charge in [-0.1, -0.05) is 0 Å². The van der Waals surface area contributed by atoms with Crippen LogP contribution in [0, 0.1) is 0 Å². The second-order valence-corrected chi connectivity index (χ2v) is 4.17. The Balaban J connectivity index is 2.63. The lowest BCUT2D eigenvalue weighted by Crippen LogP contribution is -2.30. The van der Waals surface area contributed by atoms with E-state index in [4.69, 9.17) is 15.6 Å². The van der Waals surface area contributed by atoms with Crippen LogP contribution in [0.3, 0.4) is 0 Å². The Labute approximate surface area is 121 Å². The van der Waals surface area contributed by atoms with Crippen LogP contribution in [0.5, 0.6) is 5.75 Å². The van der Waals surface area contributed by atoms with Crippen molar-refractivity contribution in [3.05, 3.63) is 23.8 Å². The van der Waals surface area contributed by atoms with E-state index in [9.17, 15) is 14.4 Å². The lowest BCUT2D eigenvalue weighted by atomic mass is 10.2. The van der Waals surface area contributed by atoms with Crippen molar-refractivity contribution in [2.24, 2.45) is 5.73 Å². The van der Waals surface area contributed by atoms with Gasteiger partial charge in [0, 0.05) is 13.0 Å². The minimum atomic E-state index is -1.11. The molecule has 1 aromatic carbocycles. The van der Waals surface area contributed by atoms with Crippen LogP contribution in [-0.2, 0) is 4.79 Å². The average molecular weight is 295 g/mol. The molecule has 1 rings (SSSR count). The Hall–Kier alpha value is -2.77. The summed E-state index contributed by atoms with van der Waals surface area (Å²) in [6.07, 6.45) is 0.604. The van der Waals surface area contributed by atoms with Crippen molar-refractivity contribution in [2.45, 2.75) is 12.8 Å². The normalized spacial score (nSPS) is 9.76. The van der Waals surface area contributed by atoms with Crippen LogP contribution in [0.15, 0.2) is 18.2 Å². The van der Waals surface area contributed by atoms with Gasteiger partial charge in [0.15, 0.2) is 0 Å². The van der Waals surface area contributed by atoms with Crippen molar-refractivity contribution < 1.29 is 24.2 Å². The van der Waals surface area contributed by atoms with Crippen LogP contribution in [0.1, 0.15) is 23.2 Å². The molecule has 0 radical (unpaired) electrons. The summed E-state index contributed by atoms with van der Waals surface area (Å²) in [7, 11) is 1.41. The van der Waals surface area contributed by atoms with Crippen LogP contribution in [0.25, 0.3) is 0 Å². The molecule has 21 heavy (non-hydrogen) atoms. The van der Waals surface area contributed by atoms with Crippen LogP contribution in [-0.4, -0.2) is 36.7 Å². The lowest BCUT2D eigenvalue weighted by Gasteiger charge is -2.11. The Morgan fingerprint density at radius 1 is 1.33 bits per heavy atom. The predicted molar refractivity (Wildman–Crippen MR) is 75.4 cm³/mol. The zero-order valence-corrected chi connectivity index (χ0v) is 11.5. The Morgan fingerprint density at radius 2 is 2.05 bits per heavy atom. The molecule has 0 aromatic heterocycles. The van der Waals surface area contributed by atoms with Gasteiger partial charge in [0.2, 0.25) is 5.91 Å². The molecule has 8 nitrogen and oxygen atoms in total. The number of anilines is 1. The highest BCUT2D eigenvalue weighted by atomic mass is 16.5. The Kier molecular flexibility index (Phi) is 5.99. The van der Waals surface area contributed by atoms with E-state index in [-0.39, 0.29) is 24.2 Å². The number of carbonyl (C=O) groups is 3. The van der Waals surface area contributed by atoms with Gasteiger partial charge >= 0.3 is 12.0 Å². The first-order valence-corrected chi connectivity index (χ1v) is 6.18. The lowest BCUT2D eigenvalue weighted by molar-refractivity contribution is -0.118. The van der Waals surface area contributed by atoms with Gasteiger partial charge in [0.05, 0.1) is 18.4 Å². The van der Waals surface area contributed by atoms with Gasteiger partial charge in [0.25, 0.3) is 0 Å². The number of rotatable bonds is 7. The average Bonchev–Trinajstić information content (AvgIpc) is 2.43. The van der Waals surface area contributed by atoms with Crippen molar-refractivity contribution in [2.75, 3.05) is 19.0 Å². The molecule has 0 saturated carbocycles. The summed E-state index contributed by atoms with van der Waals surface area (Å²) < 4.78 is 5.04. The van der Waals surface area contributed by atoms with Gasteiger partial charge in [-0.3, -0.25) is 4.79 Å². The molecule has 0 fully saturated rings. The first kappa shape index (κ1) is 16.3. The highest BCUT2D eigenvalue weighted by molar-refractivity contribution is 5.94. The minimum Gasteiger partial charge on any atom is -0.495 e. The van der Waals surface area contributed by atoms with Crippen molar-refractivity contribution >= 4 is 23.6 Å². The number of carboxylic acids is 1. The molecule has 1 aromatic rings. The molecule has 0 spiro atoms. The molecule has 5 N–H and O–H groups in total. The van der Waals surface area contributed by atoms with Gasteiger partial charge in [-0.05, 0) is 24.6 Å². The SMILES string of the molecule is COc1ccc(C(=O)O)cc1NC(=O)NCCCC(N)=O. The second-order valence-electron chi connectivity index (χ2n) is 4.17. The third-order valence-corrected chi connectivity index (χ3v) is 2.58. The summed E-state index contributed by atoms with van der Waals surface area (Å²) in [4.78, 5) is 33.1. The van der Waals surface area contributed by atoms with E-state index in [1.165, 1.54) is 25.3 Å². The summed E-state index contributed by atoms with van der Waals surface area (Å²) in [5.74, 6) is -1.21. The number of amides is 3. The predicted octanol–water partition coefficient (Wildman–Crippen LogP) is 0.780. The molecule has 0 atom stereocenters. The standard InChI is InChI=1S/C13H17N3O5/c1-21-10-5-4-8(12(18)19)7-9(10)16-13(20)15-6-2-3-11(14)17/h4-5,7H,2-3,6H2,1H3,(H2,14,17)(H,18,19)(H2,15,16,20). The third kappa shape index (κ3) is 5.39. The molecule has 0 saturated heterocycles. The molecule has 0 aliphatic heterocycles. The van der Waals surface area contributed by atoms with Gasteiger partial charge < -0.3 is 26.2 Å². The number of carbonyl (C=O) groups excluding carboxylic acids is 2. The van der Waals surface area contributed by atoms with E-state index < -0.39 is 17.9 Å². The highest BCUT2D eigenvalue weighted by Gasteiger charge is 2.11. The van der Waals surface area contributed by atoms with E-state index in [2.05, 4.69) is 10.6 Å². The number of hydrogen-bond acceptors (Lipinski definition) is 4. The van der Waals surface area contributed by atoms with Crippen LogP contribution >= 0.6 is 0 Å². The van der Waals surface area contributed by atoms with Crippen LogP contribution in [0.2, 0.25) is 0 Å². The van der Waals surface area contributed by atoms with Gasteiger partial charge in [-0.2, -0.15) is 0 Å². The number of hydrogen-bond donors (Lipinski definition) is 4. The van der Waals surface area contributed by atoms with Crippen LogP contribution in [0.4, 0.5) is 10.5 Å². The zero-order valence-electron chi connectivity index (χ0n) is 11.5. The molecule has 3 amide bonds. The van der Waals surface area contributed by atoms with E-state index in [1.54, 1.807) is 0 Å². The highest BCUT2D eigenvalue weighted by Crippen LogP contribution is 2.25. The Bertz CT molecular complexity index is 545. The van der Waals surface area contributed by atoms with Gasteiger partial charge in [0.1, 0.15) is 5.75 Å². The molecule has 0 aliphatic rings. The largest absolute Gasteiger partial charge is 0.495 e. The third-order valence-electron chi connectivity index (χ3n) is 2.58. The fraction of sp³-hybridized carbons (Fsp3) is 0.308. The summed E-state index contributed by atoms with van der Waals surface area (Å²) in [5, 5.41) is 13.9. The molecule has 8 heteroatoms. The Morgan fingerprint density at radius 3 is 2.62 bits per heavy atom. The fourth-order valence-corrected chi connectivity index (χ4v) is 1.57. The molecule has 114 valence electrons. The first-order chi connectivity index (χ1) is 9.93. The number of urea groups is 1. The summed E-state index contributed by atoms with van der Waals surface area (Å²) in [6.45, 7) is 0.274. The van der Waals surface area contributed by atoms with Crippen molar-refractivity contribution in [3.8, 4) is 5.75 Å². The second kappa shape index (κ2) is 7.73. The molecule has 0 heterocycles. The number of aromatic carboxylic acids is 1. The summed E-state index contributed by atoms with van der Waals surface area (Å²) in [5.41, 5.74) is 5.24.